The van der Waals surface area contributed by atoms with Gasteiger partial charge in [0.05, 0.1) is 0 Å². The predicted molar refractivity (Wildman–Crippen MR) is 62.1 cm³/mol. The van der Waals surface area contributed by atoms with Crippen LogP contribution in [0.25, 0.3) is 0 Å². The summed E-state index contributed by atoms with van der Waals surface area (Å²) in [4.78, 5) is 0. The first-order chi connectivity index (χ1) is 6.84. The Kier molecular flexibility index (Phi) is 3.19. The molecule has 14 heavy (non-hydrogen) atoms. The summed E-state index contributed by atoms with van der Waals surface area (Å²) in [5, 5.41) is 12.6. The van der Waals surface area contributed by atoms with E-state index in [1.807, 2.05) is 23.9 Å². The molecule has 0 radical (unpaired) electrons. The fourth-order valence-electron chi connectivity index (χ4n) is 1.65. The standard InChI is InChI=1S/C11H15NOS/c13-11-5-3-9(4-6-11)12-10-2-1-7-14-8-10/h3-6,10,12-13H,1-2,7-8H2. The Morgan fingerprint density at radius 3 is 2.71 bits per heavy atom. The summed E-state index contributed by atoms with van der Waals surface area (Å²) >= 11 is 2.01. The van der Waals surface area contributed by atoms with Crippen LogP contribution in [-0.4, -0.2) is 22.7 Å². The molecule has 0 bridgehead atoms. The summed E-state index contributed by atoms with van der Waals surface area (Å²) in [7, 11) is 0. The number of aromatic hydroxyl groups is 1. The molecular weight excluding hydrogens is 194 g/mol. The van der Waals surface area contributed by atoms with Crippen molar-refractivity contribution in [2.75, 3.05) is 16.8 Å². The maximum Gasteiger partial charge on any atom is 0.115 e. The molecule has 76 valence electrons. The number of hydrogen-bond acceptors (Lipinski definition) is 3. The van der Waals surface area contributed by atoms with E-state index in [2.05, 4.69) is 5.32 Å². The fourth-order valence-corrected chi connectivity index (χ4v) is 2.72. The van der Waals surface area contributed by atoms with Gasteiger partial charge in [-0.1, -0.05) is 0 Å². The number of rotatable bonds is 2. The zero-order valence-electron chi connectivity index (χ0n) is 8.07. The molecule has 2 N–H and O–H groups in total. The van der Waals surface area contributed by atoms with Crippen molar-refractivity contribution in [3.63, 3.8) is 0 Å². The molecular formula is C11H15NOS. The van der Waals surface area contributed by atoms with Gasteiger partial charge < -0.3 is 10.4 Å². The largest absolute Gasteiger partial charge is 0.508 e. The highest BCUT2D eigenvalue weighted by Crippen LogP contribution is 2.21. The average molecular weight is 209 g/mol. The van der Waals surface area contributed by atoms with Gasteiger partial charge in [0.25, 0.3) is 0 Å². The van der Waals surface area contributed by atoms with Gasteiger partial charge in [-0.15, -0.1) is 0 Å². The number of thioether (sulfide) groups is 1. The lowest BCUT2D eigenvalue weighted by Gasteiger charge is -2.23. The molecule has 1 aromatic carbocycles. The topological polar surface area (TPSA) is 32.3 Å². The third-order valence-corrected chi connectivity index (χ3v) is 3.61. The highest BCUT2D eigenvalue weighted by atomic mass is 32.2. The second-order valence-corrected chi connectivity index (χ2v) is 4.76. The molecule has 2 nitrogen and oxygen atoms in total. The highest BCUT2D eigenvalue weighted by molar-refractivity contribution is 7.99. The minimum absolute atomic E-state index is 0.327. The summed E-state index contributed by atoms with van der Waals surface area (Å²) in [6.45, 7) is 0. The lowest BCUT2D eigenvalue weighted by atomic mass is 10.1. The molecule has 1 aliphatic heterocycles. The van der Waals surface area contributed by atoms with Crippen molar-refractivity contribution in [1.82, 2.24) is 0 Å². The SMILES string of the molecule is Oc1ccc(NC2CCCSC2)cc1. The van der Waals surface area contributed by atoms with E-state index in [0.717, 1.165) is 5.69 Å². The van der Waals surface area contributed by atoms with E-state index in [0.29, 0.717) is 11.8 Å². The summed E-state index contributed by atoms with van der Waals surface area (Å²) in [5.74, 6) is 2.82. The van der Waals surface area contributed by atoms with Crippen LogP contribution >= 0.6 is 11.8 Å². The maximum atomic E-state index is 9.13. The average Bonchev–Trinajstić information content (AvgIpc) is 2.23. The molecule has 1 saturated heterocycles. The van der Waals surface area contributed by atoms with E-state index in [4.69, 9.17) is 5.11 Å². The quantitative estimate of drug-likeness (QED) is 0.734. The van der Waals surface area contributed by atoms with Gasteiger partial charge in [0, 0.05) is 17.5 Å². The summed E-state index contributed by atoms with van der Waals surface area (Å²) < 4.78 is 0. The van der Waals surface area contributed by atoms with E-state index < -0.39 is 0 Å². The molecule has 2 rings (SSSR count). The van der Waals surface area contributed by atoms with Crippen LogP contribution in [0.4, 0.5) is 5.69 Å². The first-order valence-electron chi connectivity index (χ1n) is 4.98. The molecule has 1 heterocycles. The van der Waals surface area contributed by atoms with E-state index in [-0.39, 0.29) is 0 Å². The third-order valence-electron chi connectivity index (χ3n) is 2.40. The number of hydrogen-bond donors (Lipinski definition) is 2. The smallest absolute Gasteiger partial charge is 0.115 e. The monoisotopic (exact) mass is 209 g/mol. The van der Waals surface area contributed by atoms with E-state index in [1.54, 1.807) is 12.1 Å². The second-order valence-electron chi connectivity index (χ2n) is 3.61. The van der Waals surface area contributed by atoms with Crippen molar-refractivity contribution >= 4 is 17.4 Å². The Bertz CT molecular complexity index is 280. The van der Waals surface area contributed by atoms with Crippen LogP contribution in [0.3, 0.4) is 0 Å². The predicted octanol–water partition coefficient (Wildman–Crippen LogP) is 2.70. The highest BCUT2D eigenvalue weighted by Gasteiger charge is 2.12. The normalized spacial score (nSPS) is 21.9. The van der Waals surface area contributed by atoms with Crippen molar-refractivity contribution in [3.05, 3.63) is 24.3 Å². The fraction of sp³-hybridized carbons (Fsp3) is 0.455. The number of anilines is 1. The van der Waals surface area contributed by atoms with Crippen LogP contribution in [0.2, 0.25) is 0 Å². The van der Waals surface area contributed by atoms with Gasteiger partial charge in [-0.3, -0.25) is 0 Å². The van der Waals surface area contributed by atoms with Gasteiger partial charge in [-0.05, 0) is 42.9 Å². The molecule has 0 aliphatic carbocycles. The van der Waals surface area contributed by atoms with E-state index >= 15 is 0 Å². The Morgan fingerprint density at radius 2 is 2.07 bits per heavy atom. The minimum Gasteiger partial charge on any atom is -0.508 e. The van der Waals surface area contributed by atoms with E-state index in [9.17, 15) is 0 Å². The van der Waals surface area contributed by atoms with Crippen molar-refractivity contribution in [2.45, 2.75) is 18.9 Å². The molecule has 1 aliphatic rings. The number of phenols is 1. The van der Waals surface area contributed by atoms with Crippen LogP contribution in [-0.2, 0) is 0 Å². The number of phenolic OH excluding ortho intramolecular Hbond substituents is 1. The molecule has 1 fully saturated rings. The summed E-state index contributed by atoms with van der Waals surface area (Å²) in [6.07, 6.45) is 2.56. The van der Waals surface area contributed by atoms with Crippen molar-refractivity contribution in [1.29, 1.82) is 0 Å². The van der Waals surface area contributed by atoms with Crippen LogP contribution in [0.1, 0.15) is 12.8 Å². The molecule has 1 unspecified atom stereocenters. The number of nitrogens with one attached hydrogen (secondary N) is 1. The van der Waals surface area contributed by atoms with Crippen LogP contribution in [0, 0.1) is 0 Å². The summed E-state index contributed by atoms with van der Waals surface area (Å²) in [5.41, 5.74) is 1.11. The van der Waals surface area contributed by atoms with Gasteiger partial charge in [0.15, 0.2) is 0 Å². The Balaban J connectivity index is 1.92. The molecule has 0 aromatic heterocycles. The van der Waals surface area contributed by atoms with Gasteiger partial charge in [0.1, 0.15) is 5.75 Å². The minimum atomic E-state index is 0.327. The van der Waals surface area contributed by atoms with Crippen molar-refractivity contribution in [2.24, 2.45) is 0 Å². The van der Waals surface area contributed by atoms with Crippen LogP contribution < -0.4 is 5.32 Å². The number of benzene rings is 1. The maximum absolute atomic E-state index is 9.13. The lowest BCUT2D eigenvalue weighted by Crippen LogP contribution is -2.25. The Hall–Kier alpha value is -0.830. The molecule has 3 heteroatoms. The molecule has 0 spiro atoms. The molecule has 0 amide bonds. The third kappa shape index (κ3) is 2.58. The molecule has 1 aromatic rings. The zero-order chi connectivity index (χ0) is 9.80. The van der Waals surface area contributed by atoms with Gasteiger partial charge in [0.2, 0.25) is 0 Å². The Labute approximate surface area is 88.7 Å². The first kappa shape index (κ1) is 9.71. The van der Waals surface area contributed by atoms with Crippen molar-refractivity contribution < 1.29 is 5.11 Å². The zero-order valence-corrected chi connectivity index (χ0v) is 8.89. The first-order valence-corrected chi connectivity index (χ1v) is 6.13. The molecule has 1 atom stereocenters. The Morgan fingerprint density at radius 1 is 1.29 bits per heavy atom. The van der Waals surface area contributed by atoms with Gasteiger partial charge in [-0.2, -0.15) is 11.8 Å². The van der Waals surface area contributed by atoms with E-state index in [1.165, 1.54) is 24.3 Å². The van der Waals surface area contributed by atoms with Crippen LogP contribution in [0.15, 0.2) is 24.3 Å². The second kappa shape index (κ2) is 4.60. The van der Waals surface area contributed by atoms with Gasteiger partial charge in [-0.25, -0.2) is 0 Å². The van der Waals surface area contributed by atoms with Crippen molar-refractivity contribution in [3.8, 4) is 5.75 Å². The summed E-state index contributed by atoms with van der Waals surface area (Å²) in [6, 6.07) is 7.89. The molecule has 0 saturated carbocycles. The van der Waals surface area contributed by atoms with Gasteiger partial charge >= 0.3 is 0 Å². The lowest BCUT2D eigenvalue weighted by molar-refractivity contribution is 0.475. The van der Waals surface area contributed by atoms with Crippen LogP contribution in [0.5, 0.6) is 5.75 Å².